The number of nitrogens with zero attached hydrogens (tertiary/aromatic N) is 8. The van der Waals surface area contributed by atoms with Gasteiger partial charge in [-0.15, -0.1) is 5.10 Å². The van der Waals surface area contributed by atoms with Crippen molar-refractivity contribution in [3.63, 3.8) is 0 Å². The first-order chi connectivity index (χ1) is 64.9. The fourth-order valence-corrected chi connectivity index (χ4v) is 18.3. The molecule has 4 aliphatic rings. The maximum atomic E-state index is 14.3. The third-order valence-corrected chi connectivity index (χ3v) is 26.1. The first-order valence-electron chi connectivity index (χ1n) is 47.2. The summed E-state index contributed by atoms with van der Waals surface area (Å²) in [4.78, 5) is 122. The number of aromatic nitrogens is 3. The van der Waals surface area contributed by atoms with Gasteiger partial charge in [-0.1, -0.05) is 120 Å². The first-order valence-corrected chi connectivity index (χ1v) is 49.6. The van der Waals surface area contributed by atoms with Crippen molar-refractivity contribution in [2.45, 2.75) is 244 Å². The average Bonchev–Trinajstić information content (AvgIpc) is 1.59. The topological polar surface area (TPSA) is 430 Å². The number of carboxylic acid groups (broad SMARTS) is 2. The number of fused-ring (bicyclic) bond motifs is 2. The maximum Gasteiger partial charge on any atom is 0.326 e. The van der Waals surface area contributed by atoms with Crippen molar-refractivity contribution >= 4 is 108 Å². The van der Waals surface area contributed by atoms with Crippen LogP contribution in [0.25, 0.3) is 5.57 Å². The largest absolute Gasteiger partial charge is 0.494 e. The summed E-state index contributed by atoms with van der Waals surface area (Å²) >= 11 is 3.49. The molecule has 4 heterocycles. The zero-order valence-electron chi connectivity index (χ0n) is 78.2. The highest BCUT2D eigenvalue weighted by molar-refractivity contribution is 9.10. The number of halogens is 1. The number of aryl methyl sites for hydroxylation is 3. The van der Waals surface area contributed by atoms with Gasteiger partial charge in [-0.2, -0.15) is 18.3 Å². The second kappa shape index (κ2) is 52.5. The molecule has 5 aromatic carbocycles. The summed E-state index contributed by atoms with van der Waals surface area (Å²) in [6.07, 6.45) is 25.6. The number of carbonyl (C=O) groups excluding carboxylic acids is 7. The van der Waals surface area contributed by atoms with Gasteiger partial charge in [0.15, 0.2) is 5.71 Å². The van der Waals surface area contributed by atoms with Gasteiger partial charge in [-0.05, 0) is 237 Å². The fourth-order valence-electron chi connectivity index (χ4n) is 17.5. The number of nitriles is 1. The fraction of sp³-hybridized carbons (Fsp3) is 0.471. The summed E-state index contributed by atoms with van der Waals surface area (Å²) in [5.74, 6) is -2.49. The predicted octanol–water partition coefficient (Wildman–Crippen LogP) is 14.7. The van der Waals surface area contributed by atoms with Crippen LogP contribution in [0.4, 0.5) is 16.2 Å². The Labute approximate surface area is 800 Å². The van der Waals surface area contributed by atoms with Gasteiger partial charge in [0, 0.05) is 148 Å². The highest BCUT2D eigenvalue weighted by atomic mass is 79.9. The average molecular weight is 1940 g/mol. The zero-order chi connectivity index (χ0) is 96.9. The number of unbranched alkanes of at least 4 members (excludes halogenated alkanes) is 8. The van der Waals surface area contributed by atoms with E-state index >= 15 is 0 Å². The van der Waals surface area contributed by atoms with Crippen LogP contribution < -0.4 is 46.3 Å². The normalized spacial score (nSPS) is 16.0. The van der Waals surface area contributed by atoms with Crippen LogP contribution in [0.3, 0.4) is 0 Å². The Morgan fingerprint density at radius 2 is 1.44 bits per heavy atom. The summed E-state index contributed by atoms with van der Waals surface area (Å²) in [6, 6.07) is 38.0. The smallest absolute Gasteiger partial charge is 0.326 e. The lowest BCUT2D eigenvalue weighted by Crippen LogP contribution is -2.47. The van der Waals surface area contributed by atoms with E-state index in [2.05, 4.69) is 163 Å². The molecule has 6 aromatic rings. The molecule has 8 amide bonds. The summed E-state index contributed by atoms with van der Waals surface area (Å²) in [5.41, 5.74) is 11.6. The second-order valence-electron chi connectivity index (χ2n) is 35.8. The number of carbonyl (C=O) groups is 9. The Morgan fingerprint density at radius 3 is 2.20 bits per heavy atom. The van der Waals surface area contributed by atoms with Crippen LogP contribution in [-0.2, 0) is 78.8 Å². The minimum absolute atomic E-state index is 0.0320. The SMILES string of the molecule is Cc1ccc2c(c1)C(C)(C)C(/C=C/C1=C(Oc3ccccc3)C(=CC=C3N(CCCCS(=O)(=O)O)c4ccccc4C3(C)C)CCC1)=[N+]2CCCCCC(=O)N[C@@H](CCCCn1cc(CCC(=O)NCCCOc2cccc(C(=CC=N)C(=O)NCC(=O)N3CCCC3C#N)c2)nn1)C(=O)NCCCCCC(=O)N(CCCCCNC(=O)N[C@@H](CCC(=O)O)C(=O)O)Cc1ccc(Br)cc1. The Hall–Kier alpha value is -12.4. The molecular weight excluding hydrogens is 1800 g/mol. The number of benzene rings is 5. The van der Waals surface area contributed by atoms with Crippen molar-refractivity contribution in [2.24, 2.45) is 0 Å². The molecule has 0 radical (unpaired) electrons. The molecule has 1 fully saturated rings. The molecule has 135 heavy (non-hydrogen) atoms. The maximum absolute atomic E-state index is 14.3. The van der Waals surface area contributed by atoms with E-state index in [1.807, 2.05) is 71.6 Å². The Kier molecular flexibility index (Phi) is 40.7. The molecule has 0 spiro atoms. The third-order valence-electron chi connectivity index (χ3n) is 24.8. The van der Waals surface area contributed by atoms with E-state index in [-0.39, 0.29) is 97.1 Å². The molecule has 3 aliphatic heterocycles. The van der Waals surface area contributed by atoms with E-state index in [1.165, 1.54) is 22.1 Å². The number of likely N-dealkylation sites (tertiary alicyclic amines) is 1. The summed E-state index contributed by atoms with van der Waals surface area (Å²) in [6.45, 7) is 14.9. The van der Waals surface area contributed by atoms with Crippen molar-refractivity contribution in [1.82, 2.24) is 56.7 Å². The van der Waals surface area contributed by atoms with Crippen molar-refractivity contribution in [2.75, 3.05) is 69.6 Å². The summed E-state index contributed by atoms with van der Waals surface area (Å²) < 4.78 is 51.0. The number of ether oxygens (including phenoxy) is 2. The van der Waals surface area contributed by atoms with Crippen LogP contribution >= 0.6 is 15.9 Å². The monoisotopic (exact) mass is 1930 g/mol. The number of hydrogen-bond donors (Lipinski definition) is 10. The molecule has 3 atom stereocenters. The molecule has 33 heteroatoms. The van der Waals surface area contributed by atoms with E-state index < -0.39 is 58.5 Å². The molecule has 0 saturated carbocycles. The second-order valence-corrected chi connectivity index (χ2v) is 38.3. The van der Waals surface area contributed by atoms with Gasteiger partial charge in [0.1, 0.15) is 41.9 Å². The number of rotatable bonds is 55. The van der Waals surface area contributed by atoms with Gasteiger partial charge in [0.05, 0.1) is 36.1 Å². The number of para-hydroxylation sites is 2. The Balaban J connectivity index is 0.743. The van der Waals surface area contributed by atoms with E-state index in [9.17, 15) is 66.5 Å². The molecule has 0 bridgehead atoms. The third kappa shape index (κ3) is 32.4. The van der Waals surface area contributed by atoms with Crippen LogP contribution in [0.15, 0.2) is 185 Å². The summed E-state index contributed by atoms with van der Waals surface area (Å²) in [5, 5.41) is 60.9. The minimum atomic E-state index is -4.10. The highest BCUT2D eigenvalue weighted by Crippen LogP contribution is 2.49. The van der Waals surface area contributed by atoms with Crippen molar-refractivity contribution < 1.29 is 80.4 Å². The summed E-state index contributed by atoms with van der Waals surface area (Å²) in [7, 11) is -4.10. The number of nitrogens with one attached hydrogen (secondary N) is 7. The lowest BCUT2D eigenvalue weighted by molar-refractivity contribution is -0.438. The van der Waals surface area contributed by atoms with E-state index in [4.69, 9.17) is 20.0 Å². The van der Waals surface area contributed by atoms with Crippen LogP contribution in [0.1, 0.15) is 222 Å². The number of anilines is 1. The molecule has 1 aromatic heterocycles. The number of aliphatic carboxylic acids is 2. The van der Waals surface area contributed by atoms with Crippen LogP contribution in [0, 0.1) is 23.7 Å². The number of allylic oxidation sites excluding steroid dienone is 8. The quantitative estimate of drug-likeness (QED) is 0.00557. The van der Waals surface area contributed by atoms with Gasteiger partial charge < -0.3 is 71.7 Å². The minimum Gasteiger partial charge on any atom is -0.494 e. The van der Waals surface area contributed by atoms with Crippen molar-refractivity contribution in [3.8, 4) is 17.6 Å². The van der Waals surface area contributed by atoms with Crippen LogP contribution in [-0.4, -0.2) is 201 Å². The molecule has 10 N–H and O–H groups in total. The Bertz CT molecular complexity index is 5480. The number of hydrogen-bond acceptors (Lipinski definition) is 18. The Morgan fingerprint density at radius 1 is 0.704 bits per heavy atom. The van der Waals surface area contributed by atoms with Gasteiger partial charge in [-0.25, -0.2) is 9.59 Å². The van der Waals surface area contributed by atoms with Crippen LogP contribution in [0.5, 0.6) is 11.5 Å². The number of urea groups is 1. The van der Waals surface area contributed by atoms with E-state index in [0.717, 1.165) is 99.4 Å². The molecule has 10 rings (SSSR count). The highest BCUT2D eigenvalue weighted by Gasteiger charge is 2.45. The lowest BCUT2D eigenvalue weighted by Gasteiger charge is -2.27. The molecule has 31 nitrogen and oxygen atoms in total. The van der Waals surface area contributed by atoms with Gasteiger partial charge in [0.25, 0.3) is 16.0 Å². The first kappa shape index (κ1) is 105. The molecule has 1 unspecified atom stereocenters. The molecular formula is C102H131BrN15O16S+. The van der Waals surface area contributed by atoms with Crippen LogP contribution in [0.2, 0.25) is 0 Å². The molecule has 1 aliphatic carbocycles. The predicted molar refractivity (Wildman–Crippen MR) is 522 cm³/mol. The van der Waals surface area contributed by atoms with Gasteiger partial charge in [-0.3, -0.25) is 42.8 Å². The van der Waals surface area contributed by atoms with Crippen molar-refractivity contribution in [3.05, 3.63) is 218 Å². The van der Waals surface area contributed by atoms with E-state index in [1.54, 1.807) is 35.1 Å². The van der Waals surface area contributed by atoms with Gasteiger partial charge in [0.2, 0.25) is 35.2 Å². The molecule has 1 saturated heterocycles. The van der Waals surface area contributed by atoms with E-state index in [0.29, 0.717) is 172 Å². The standard InChI is InChI=1S/C102H130BrN15O16S/c1-72-40-49-88-84(66-72)102(4,5)90(51-44-75-29-24-28-74(96(75)134-80-32-10-6-11-33-80)43-50-89-101(2,3)83-35-14-15-37-87(83)117(89)62-22-23-65-135(130,131)132)118(88)61-20-8-12-38-92(120)110-85(98(126)107-56-17-7-13-39-93(121)114(70-73-41-45-77(103)46-42-73)59-19-9-18-57-108-100(129)111-86(99(127)128)48-53-95(123)124)36-16-21-60-115-71-78(112-113-115)47-52-91(119)106-58-27-64-133-81-34-25-30-76(67-81)82(54-55-104)97(125)109-69-94(122)116-63-26-31-79(116)68-105/h6,10-11,14-15,25,30,32-35,37,40-46,49-51,54-55,66-67,71,79,85-86,104H,7-9,12-13,16-24,26-29,31,36,38-39,47-48,52-53,56-65,69-70H2,1-5H3,(H8-,106,107,108,109,110,111,119,120,123,124,125,126,127,128,129,130,131,132)/p+1/t79?,85-,86-/m0/s1. The molecule has 722 valence electrons. The number of carboxylic acids is 2. The zero-order valence-corrected chi connectivity index (χ0v) is 80.6. The van der Waals surface area contributed by atoms with Crippen molar-refractivity contribution in [1.29, 1.82) is 10.7 Å². The number of amides is 8. The van der Waals surface area contributed by atoms with Gasteiger partial charge >= 0.3 is 18.0 Å². The lowest BCUT2D eigenvalue weighted by atomic mass is 9.80.